The average molecular weight is 638 g/mol. The Hall–Kier alpha value is -1.99. The minimum absolute atomic E-state index is 0. The van der Waals surface area contributed by atoms with E-state index in [0.717, 1.165) is 25.9 Å². The summed E-state index contributed by atoms with van der Waals surface area (Å²) >= 11 is 11.9. The van der Waals surface area contributed by atoms with Crippen LogP contribution in [0.2, 0.25) is 10.3 Å². The van der Waals surface area contributed by atoms with E-state index in [0.29, 0.717) is 5.56 Å². The third kappa shape index (κ3) is 6.89. The van der Waals surface area contributed by atoms with E-state index in [9.17, 15) is 16.8 Å². The van der Waals surface area contributed by atoms with Gasteiger partial charge in [-0.05, 0) is 77.2 Å². The molecule has 1 N–H and O–H groups in total. The van der Waals surface area contributed by atoms with Crippen LogP contribution in [-0.2, 0) is 38.5 Å². The molecule has 0 aliphatic carbocycles. The van der Waals surface area contributed by atoms with Gasteiger partial charge in [-0.25, -0.2) is 16.8 Å². The molecule has 0 bridgehead atoms. The van der Waals surface area contributed by atoms with Crippen LogP contribution in [0.5, 0.6) is 0 Å². The second-order valence-electron chi connectivity index (χ2n) is 10.3. The Morgan fingerprint density at radius 2 is 1.25 bits per heavy atom. The molecule has 226 valence electrons. The first kappa shape index (κ1) is 36.0. The number of pyridine rings is 1. The summed E-state index contributed by atoms with van der Waals surface area (Å²) in [6.45, 7) is 8.60. The van der Waals surface area contributed by atoms with Crippen molar-refractivity contribution in [3.8, 4) is 0 Å². The summed E-state index contributed by atoms with van der Waals surface area (Å²) in [4.78, 5) is 4.08. The molecule has 1 saturated heterocycles. The van der Waals surface area contributed by atoms with Crippen molar-refractivity contribution in [2.24, 2.45) is 20.0 Å². The Morgan fingerprint density at radius 3 is 1.65 bits per heavy atom. The van der Waals surface area contributed by atoms with Crippen molar-refractivity contribution >= 4 is 42.9 Å². The number of piperidine rings is 1. The van der Waals surface area contributed by atoms with Crippen molar-refractivity contribution < 1.29 is 16.8 Å². The smallest absolute Gasteiger partial charge is 0.192 e. The normalized spacial score (nSPS) is 14.9. The first-order valence-electron chi connectivity index (χ1n) is 12.0. The largest absolute Gasteiger partial charge is 0.317 e. The second-order valence-corrected chi connectivity index (χ2v) is 16.0. The van der Waals surface area contributed by atoms with E-state index in [2.05, 4.69) is 20.5 Å². The molecule has 4 rings (SSSR count). The van der Waals surface area contributed by atoms with Crippen molar-refractivity contribution in [2.75, 3.05) is 13.1 Å². The number of nitrogens with zero attached hydrogens (tertiary/aromatic N) is 5. The number of aryl methyl sites for hydroxylation is 2. The maximum absolute atomic E-state index is 12.8. The van der Waals surface area contributed by atoms with Crippen molar-refractivity contribution in [2.45, 2.75) is 74.7 Å². The third-order valence-electron chi connectivity index (χ3n) is 7.15. The predicted octanol–water partition coefficient (Wildman–Crippen LogP) is 5.08. The van der Waals surface area contributed by atoms with Crippen LogP contribution in [0.3, 0.4) is 0 Å². The van der Waals surface area contributed by atoms with E-state index in [1.54, 1.807) is 66.3 Å². The molecule has 40 heavy (non-hydrogen) atoms. The highest BCUT2D eigenvalue weighted by Gasteiger charge is 2.44. The van der Waals surface area contributed by atoms with Gasteiger partial charge in [-0.2, -0.15) is 10.2 Å². The second kappa shape index (κ2) is 13.3. The molecule has 1 fully saturated rings. The van der Waals surface area contributed by atoms with Crippen LogP contribution >= 0.6 is 23.2 Å². The molecule has 0 amide bonds. The zero-order valence-corrected chi connectivity index (χ0v) is 25.5. The maximum Gasteiger partial charge on any atom is 0.192 e. The fourth-order valence-electron chi connectivity index (χ4n) is 4.44. The van der Waals surface area contributed by atoms with Gasteiger partial charge in [0.15, 0.2) is 30.0 Å². The average Bonchev–Trinajstić information content (AvgIpc) is 3.40. The van der Waals surface area contributed by atoms with Gasteiger partial charge >= 0.3 is 0 Å². The first-order valence-corrected chi connectivity index (χ1v) is 15.7. The van der Waals surface area contributed by atoms with E-state index >= 15 is 0 Å². The van der Waals surface area contributed by atoms with Crippen LogP contribution in [0.1, 0.15) is 61.0 Å². The molecule has 0 radical (unpaired) electrons. The van der Waals surface area contributed by atoms with Crippen LogP contribution in [-0.4, -0.2) is 59.2 Å². The molecule has 0 atom stereocenters. The molecule has 0 unspecified atom stereocenters. The fraction of sp³-hybridized carbons (Fsp3) is 0.577. The van der Waals surface area contributed by atoms with Crippen LogP contribution in [0.15, 0.2) is 46.7 Å². The standard InChI is InChI=1S/C12H20ClN3O2S.C12H14ClN3O2S.2CH4/c2*1-12(2,9-4-6-14-7-5-9)19(17,18)10-8-16(3)15-11(10)13;;/h8-9,14H,4-7H2,1-3H3;4-8H,1-3H3;2*1H4. The Balaban J connectivity index is 0.000000381. The first-order chi connectivity index (χ1) is 17.5. The van der Waals surface area contributed by atoms with Gasteiger partial charge in [0.05, 0.1) is 9.49 Å². The molecule has 3 aromatic heterocycles. The van der Waals surface area contributed by atoms with Crippen LogP contribution in [0, 0.1) is 5.92 Å². The number of hydrogen-bond acceptors (Lipinski definition) is 8. The molecule has 1 aliphatic heterocycles. The SMILES string of the molecule is C.C.Cn1cc(S(=O)(=O)C(C)(C)C2CCNCC2)c(Cl)n1.Cn1cc(S(=O)(=O)C(C)(C)c2ccncc2)c(Cl)n1. The molecular formula is C26H42Cl2N6O4S2. The van der Waals surface area contributed by atoms with Gasteiger partial charge in [0.2, 0.25) is 0 Å². The summed E-state index contributed by atoms with van der Waals surface area (Å²) in [5, 5.41) is 11.1. The molecule has 10 nitrogen and oxygen atoms in total. The summed E-state index contributed by atoms with van der Waals surface area (Å²) < 4.78 is 52.0. The van der Waals surface area contributed by atoms with Crippen LogP contribution < -0.4 is 5.32 Å². The molecule has 1 aliphatic rings. The fourth-order valence-corrected chi connectivity index (χ4v) is 8.73. The van der Waals surface area contributed by atoms with Gasteiger partial charge < -0.3 is 5.32 Å². The number of sulfone groups is 2. The summed E-state index contributed by atoms with van der Waals surface area (Å²) in [5.41, 5.74) is 0.655. The molecule has 4 heterocycles. The minimum atomic E-state index is -3.64. The molecule has 0 saturated carbocycles. The van der Waals surface area contributed by atoms with Gasteiger partial charge in [-0.1, -0.05) is 38.1 Å². The van der Waals surface area contributed by atoms with Crippen molar-refractivity contribution in [1.29, 1.82) is 0 Å². The maximum atomic E-state index is 12.8. The van der Waals surface area contributed by atoms with Crippen LogP contribution in [0.25, 0.3) is 0 Å². The zero-order chi connectivity index (χ0) is 28.5. The van der Waals surface area contributed by atoms with Gasteiger partial charge in [-0.3, -0.25) is 14.3 Å². The molecular weight excluding hydrogens is 595 g/mol. The highest BCUT2D eigenvalue weighted by Crippen LogP contribution is 2.39. The van der Waals surface area contributed by atoms with Gasteiger partial charge in [0.25, 0.3) is 0 Å². The van der Waals surface area contributed by atoms with Crippen molar-refractivity contribution in [1.82, 2.24) is 29.9 Å². The number of nitrogens with one attached hydrogen (secondary N) is 1. The van der Waals surface area contributed by atoms with Gasteiger partial charge in [0, 0.05) is 38.9 Å². The number of rotatable bonds is 6. The number of aromatic nitrogens is 5. The van der Waals surface area contributed by atoms with Crippen molar-refractivity contribution in [3.63, 3.8) is 0 Å². The lowest BCUT2D eigenvalue weighted by molar-refractivity contribution is 0.305. The van der Waals surface area contributed by atoms with E-state index in [-0.39, 0.29) is 40.9 Å². The molecule has 0 spiro atoms. The molecule has 0 aromatic carbocycles. The Kier molecular flexibility index (Phi) is 12.0. The van der Waals surface area contributed by atoms with E-state index in [4.69, 9.17) is 23.2 Å². The summed E-state index contributed by atoms with van der Waals surface area (Å²) in [6, 6.07) is 3.36. The molecule has 3 aromatic rings. The van der Waals surface area contributed by atoms with Gasteiger partial charge in [0.1, 0.15) is 9.79 Å². The molecule has 14 heteroatoms. The Morgan fingerprint density at radius 1 is 0.825 bits per heavy atom. The lowest BCUT2D eigenvalue weighted by atomic mass is 9.86. The highest BCUT2D eigenvalue weighted by molar-refractivity contribution is 7.93. The lowest BCUT2D eigenvalue weighted by Gasteiger charge is -2.36. The minimum Gasteiger partial charge on any atom is -0.317 e. The van der Waals surface area contributed by atoms with Gasteiger partial charge in [-0.15, -0.1) is 0 Å². The lowest BCUT2D eigenvalue weighted by Crippen LogP contribution is -2.45. The number of hydrogen-bond donors (Lipinski definition) is 1. The van der Waals surface area contributed by atoms with Crippen LogP contribution in [0.4, 0.5) is 0 Å². The predicted molar refractivity (Wildman–Crippen MR) is 161 cm³/mol. The quantitative estimate of drug-likeness (QED) is 0.397. The summed E-state index contributed by atoms with van der Waals surface area (Å²) in [5.74, 6) is 0.134. The van der Waals surface area contributed by atoms with Crippen molar-refractivity contribution in [3.05, 3.63) is 52.8 Å². The highest BCUT2D eigenvalue weighted by atomic mass is 35.5. The van der Waals surface area contributed by atoms with E-state index < -0.39 is 29.2 Å². The monoisotopic (exact) mass is 636 g/mol. The topological polar surface area (TPSA) is 129 Å². The van der Waals surface area contributed by atoms with E-state index in [1.165, 1.54) is 21.8 Å². The third-order valence-corrected chi connectivity index (χ3v) is 13.0. The van der Waals surface area contributed by atoms with E-state index in [1.807, 2.05) is 0 Å². The summed E-state index contributed by atoms with van der Waals surface area (Å²) in [6.07, 6.45) is 7.77. The zero-order valence-electron chi connectivity index (χ0n) is 22.3. The Bertz CT molecular complexity index is 1480. The number of halogens is 2. The Labute approximate surface area is 249 Å². The summed E-state index contributed by atoms with van der Waals surface area (Å²) in [7, 11) is -3.84.